The molecule has 0 aromatic heterocycles. The van der Waals surface area contributed by atoms with Gasteiger partial charge in [0.25, 0.3) is 0 Å². The van der Waals surface area contributed by atoms with Gasteiger partial charge in [-0.15, -0.1) is 12.4 Å². The Hall–Kier alpha value is -0.810. The van der Waals surface area contributed by atoms with Crippen molar-refractivity contribution in [3.8, 4) is 0 Å². The number of esters is 1. The molecule has 17 heavy (non-hydrogen) atoms. The number of carbonyl (C=O) groups is 2. The van der Waals surface area contributed by atoms with Crippen LogP contribution in [0, 0.1) is 5.92 Å². The van der Waals surface area contributed by atoms with Crippen molar-refractivity contribution in [2.75, 3.05) is 13.7 Å². The molecular formula is C11H23ClN2O3. The summed E-state index contributed by atoms with van der Waals surface area (Å²) < 4.78 is 4.66. The van der Waals surface area contributed by atoms with Crippen LogP contribution in [0.5, 0.6) is 0 Å². The molecule has 1 amide bonds. The molecular weight excluding hydrogens is 244 g/mol. The molecule has 0 radical (unpaired) electrons. The smallest absolute Gasteiger partial charge is 0.328 e. The third kappa shape index (κ3) is 7.18. The Balaban J connectivity index is 0. The van der Waals surface area contributed by atoms with Crippen LogP contribution in [0.3, 0.4) is 0 Å². The zero-order valence-electron chi connectivity index (χ0n) is 10.7. The van der Waals surface area contributed by atoms with Crippen LogP contribution < -0.4 is 11.1 Å². The maximum atomic E-state index is 11.5. The molecule has 0 aliphatic carbocycles. The standard InChI is InChI=1S/C11H22N2O3.ClH/c1-4-8(2)10(11(15)16-3)13-9(14)6-5-7-12;/h8,10H,4-7,12H2,1-3H3,(H,13,14);1H/t8-,10-;/m0./s1. The maximum Gasteiger partial charge on any atom is 0.328 e. The summed E-state index contributed by atoms with van der Waals surface area (Å²) in [5, 5.41) is 2.68. The van der Waals surface area contributed by atoms with Crippen LogP contribution in [0.1, 0.15) is 33.1 Å². The van der Waals surface area contributed by atoms with Crippen LogP contribution in [0.25, 0.3) is 0 Å². The third-order valence-electron chi connectivity index (χ3n) is 2.59. The molecule has 0 saturated heterocycles. The molecule has 0 aromatic carbocycles. The first-order chi connectivity index (χ1) is 7.56. The van der Waals surface area contributed by atoms with Gasteiger partial charge < -0.3 is 15.8 Å². The van der Waals surface area contributed by atoms with Gasteiger partial charge in [0.2, 0.25) is 5.91 Å². The Bertz CT molecular complexity index is 237. The molecule has 6 heteroatoms. The molecule has 3 N–H and O–H groups in total. The molecule has 2 atom stereocenters. The highest BCUT2D eigenvalue weighted by molar-refractivity contribution is 5.85. The lowest BCUT2D eigenvalue weighted by Gasteiger charge is -2.21. The average molecular weight is 267 g/mol. The van der Waals surface area contributed by atoms with Gasteiger partial charge in [0, 0.05) is 6.42 Å². The van der Waals surface area contributed by atoms with Gasteiger partial charge in [-0.25, -0.2) is 4.79 Å². The molecule has 0 fully saturated rings. The molecule has 0 aliphatic rings. The van der Waals surface area contributed by atoms with Gasteiger partial charge >= 0.3 is 5.97 Å². The zero-order valence-corrected chi connectivity index (χ0v) is 11.5. The fourth-order valence-electron chi connectivity index (χ4n) is 1.30. The lowest BCUT2D eigenvalue weighted by Crippen LogP contribution is -2.45. The summed E-state index contributed by atoms with van der Waals surface area (Å²) in [6, 6.07) is -0.555. The lowest BCUT2D eigenvalue weighted by molar-refractivity contribution is -0.146. The number of nitrogens with one attached hydrogen (secondary N) is 1. The van der Waals surface area contributed by atoms with Crippen LogP contribution in [0.2, 0.25) is 0 Å². The van der Waals surface area contributed by atoms with Gasteiger partial charge in [-0.05, 0) is 18.9 Å². The first-order valence-electron chi connectivity index (χ1n) is 5.64. The minimum atomic E-state index is -0.555. The second-order valence-electron chi connectivity index (χ2n) is 3.85. The number of hydrogen-bond acceptors (Lipinski definition) is 4. The van der Waals surface area contributed by atoms with Crippen LogP contribution in [-0.4, -0.2) is 31.6 Å². The lowest BCUT2D eigenvalue weighted by atomic mass is 9.99. The van der Waals surface area contributed by atoms with E-state index >= 15 is 0 Å². The van der Waals surface area contributed by atoms with Crippen LogP contribution in [0.4, 0.5) is 0 Å². The van der Waals surface area contributed by atoms with Crippen LogP contribution in [0.15, 0.2) is 0 Å². The van der Waals surface area contributed by atoms with E-state index in [0.29, 0.717) is 19.4 Å². The van der Waals surface area contributed by atoms with E-state index in [-0.39, 0.29) is 24.2 Å². The summed E-state index contributed by atoms with van der Waals surface area (Å²) in [7, 11) is 1.32. The summed E-state index contributed by atoms with van der Waals surface area (Å²) in [6.07, 6.45) is 1.78. The highest BCUT2D eigenvalue weighted by atomic mass is 35.5. The summed E-state index contributed by atoms with van der Waals surface area (Å²) in [5.41, 5.74) is 5.31. The summed E-state index contributed by atoms with van der Waals surface area (Å²) in [6.45, 7) is 4.34. The second-order valence-corrected chi connectivity index (χ2v) is 3.85. The molecule has 0 bridgehead atoms. The Morgan fingerprint density at radius 1 is 1.41 bits per heavy atom. The SMILES string of the molecule is CC[C@H](C)[C@H](NC(=O)CCCN)C(=O)OC.Cl. The van der Waals surface area contributed by atoms with Crippen LogP contribution >= 0.6 is 12.4 Å². The summed E-state index contributed by atoms with van der Waals surface area (Å²) in [4.78, 5) is 22.9. The summed E-state index contributed by atoms with van der Waals surface area (Å²) >= 11 is 0. The third-order valence-corrected chi connectivity index (χ3v) is 2.59. The molecule has 0 spiro atoms. The molecule has 0 aromatic rings. The molecule has 0 saturated carbocycles. The zero-order chi connectivity index (χ0) is 12.6. The van der Waals surface area contributed by atoms with E-state index in [2.05, 4.69) is 10.1 Å². The van der Waals surface area contributed by atoms with Crippen molar-refractivity contribution < 1.29 is 14.3 Å². The topological polar surface area (TPSA) is 81.4 Å². The quantitative estimate of drug-likeness (QED) is 0.670. The Morgan fingerprint density at radius 2 is 2.00 bits per heavy atom. The maximum absolute atomic E-state index is 11.5. The predicted octanol–water partition coefficient (Wildman–Crippen LogP) is 0.851. The fourth-order valence-corrected chi connectivity index (χ4v) is 1.30. The van der Waals surface area contributed by atoms with E-state index in [1.54, 1.807) is 0 Å². The van der Waals surface area contributed by atoms with Crippen molar-refractivity contribution in [2.45, 2.75) is 39.2 Å². The average Bonchev–Trinajstić information content (AvgIpc) is 2.31. The minimum Gasteiger partial charge on any atom is -0.467 e. The number of methoxy groups -OCH3 is 1. The van der Waals surface area contributed by atoms with E-state index < -0.39 is 12.0 Å². The van der Waals surface area contributed by atoms with E-state index in [1.165, 1.54) is 7.11 Å². The highest BCUT2D eigenvalue weighted by Crippen LogP contribution is 2.09. The number of hydrogen-bond donors (Lipinski definition) is 2. The Labute approximate surface area is 109 Å². The minimum absolute atomic E-state index is 0. The first-order valence-corrected chi connectivity index (χ1v) is 5.64. The molecule has 0 aliphatic heterocycles. The molecule has 0 unspecified atom stereocenters. The highest BCUT2D eigenvalue weighted by Gasteiger charge is 2.26. The monoisotopic (exact) mass is 266 g/mol. The van der Waals surface area contributed by atoms with Crippen molar-refractivity contribution in [1.29, 1.82) is 0 Å². The van der Waals surface area contributed by atoms with E-state index in [9.17, 15) is 9.59 Å². The number of amides is 1. The number of nitrogens with two attached hydrogens (primary N) is 1. The first kappa shape index (κ1) is 18.6. The van der Waals surface area contributed by atoms with Crippen molar-refractivity contribution in [2.24, 2.45) is 11.7 Å². The molecule has 0 rings (SSSR count). The van der Waals surface area contributed by atoms with E-state index in [0.717, 1.165) is 6.42 Å². The van der Waals surface area contributed by atoms with Crippen molar-refractivity contribution in [1.82, 2.24) is 5.32 Å². The van der Waals surface area contributed by atoms with Crippen LogP contribution in [-0.2, 0) is 14.3 Å². The van der Waals surface area contributed by atoms with Gasteiger partial charge in [-0.1, -0.05) is 20.3 Å². The second kappa shape index (κ2) is 10.4. The van der Waals surface area contributed by atoms with Gasteiger partial charge in [0.15, 0.2) is 0 Å². The van der Waals surface area contributed by atoms with Gasteiger partial charge in [0.1, 0.15) is 6.04 Å². The number of halogens is 1. The normalized spacial score (nSPS) is 13.2. The Kier molecular flexibility index (Phi) is 11.3. The van der Waals surface area contributed by atoms with E-state index in [4.69, 9.17) is 5.73 Å². The van der Waals surface area contributed by atoms with Gasteiger partial charge in [-0.2, -0.15) is 0 Å². The molecule has 102 valence electrons. The number of rotatable bonds is 7. The summed E-state index contributed by atoms with van der Waals surface area (Å²) in [5.74, 6) is -0.481. The van der Waals surface area contributed by atoms with Crippen molar-refractivity contribution >= 4 is 24.3 Å². The van der Waals surface area contributed by atoms with Gasteiger partial charge in [0.05, 0.1) is 7.11 Å². The predicted molar refractivity (Wildman–Crippen MR) is 68.9 cm³/mol. The van der Waals surface area contributed by atoms with Gasteiger partial charge in [-0.3, -0.25) is 4.79 Å². The number of ether oxygens (including phenoxy) is 1. The van der Waals surface area contributed by atoms with Crippen molar-refractivity contribution in [3.63, 3.8) is 0 Å². The molecule has 5 nitrogen and oxygen atoms in total. The number of carbonyl (C=O) groups excluding carboxylic acids is 2. The van der Waals surface area contributed by atoms with Crippen molar-refractivity contribution in [3.05, 3.63) is 0 Å². The molecule has 0 heterocycles. The van der Waals surface area contributed by atoms with E-state index in [1.807, 2.05) is 13.8 Å². The Morgan fingerprint density at radius 3 is 2.41 bits per heavy atom. The largest absolute Gasteiger partial charge is 0.467 e. The fraction of sp³-hybridized carbons (Fsp3) is 0.818.